The Bertz CT molecular complexity index is 810. The molecule has 142 valence electrons. The number of likely N-dealkylation sites (tertiary alicyclic amines) is 2. The molecule has 4 rings (SSSR count). The molecule has 2 aliphatic rings. The second-order valence-electron chi connectivity index (χ2n) is 7.20. The molecule has 0 radical (unpaired) electrons. The highest BCUT2D eigenvalue weighted by Gasteiger charge is 2.33. The smallest absolute Gasteiger partial charge is 0.272 e. The quantitative estimate of drug-likeness (QED) is 0.787. The molecule has 0 saturated carbocycles. The highest BCUT2D eigenvalue weighted by atomic mass is 16.5. The van der Waals surface area contributed by atoms with Gasteiger partial charge in [0.2, 0.25) is 11.8 Å². The SMILES string of the molecule is CC(=O)N1CCC(c2noc(CC3CN(C(=O)c4ccncn4)C3)n2)CC1. The standard InChI is InChI=1S/C18H22N6O3/c1-12(25)23-6-3-14(4-7-23)17-21-16(27-22-17)8-13-9-24(10-13)18(26)15-2-5-19-11-20-15/h2,5,11,13-14H,3-4,6-10H2,1H3. The molecule has 0 aromatic carbocycles. The van der Waals surface area contributed by atoms with Gasteiger partial charge in [0.25, 0.3) is 5.91 Å². The minimum absolute atomic E-state index is 0.0721. The Balaban J connectivity index is 1.26. The summed E-state index contributed by atoms with van der Waals surface area (Å²) in [5.74, 6) is 1.98. The highest BCUT2D eigenvalue weighted by Crippen LogP contribution is 2.27. The van der Waals surface area contributed by atoms with E-state index in [1.54, 1.807) is 24.1 Å². The van der Waals surface area contributed by atoms with Gasteiger partial charge in [-0.05, 0) is 18.9 Å². The summed E-state index contributed by atoms with van der Waals surface area (Å²) in [4.78, 5) is 39.7. The van der Waals surface area contributed by atoms with E-state index >= 15 is 0 Å². The zero-order chi connectivity index (χ0) is 18.8. The fourth-order valence-corrected chi connectivity index (χ4v) is 3.66. The molecule has 0 N–H and O–H groups in total. The number of rotatable bonds is 4. The monoisotopic (exact) mass is 370 g/mol. The third-order valence-corrected chi connectivity index (χ3v) is 5.30. The number of carbonyl (C=O) groups excluding carboxylic acids is 2. The molecule has 2 aliphatic heterocycles. The van der Waals surface area contributed by atoms with Crippen LogP contribution in [-0.4, -0.2) is 67.9 Å². The molecule has 2 fully saturated rings. The molecular formula is C18H22N6O3. The molecule has 2 aromatic heterocycles. The van der Waals surface area contributed by atoms with Gasteiger partial charge in [0.15, 0.2) is 5.82 Å². The van der Waals surface area contributed by atoms with Crippen molar-refractivity contribution in [1.82, 2.24) is 29.9 Å². The van der Waals surface area contributed by atoms with Gasteiger partial charge in [-0.2, -0.15) is 4.98 Å². The van der Waals surface area contributed by atoms with Crippen molar-refractivity contribution < 1.29 is 14.1 Å². The first-order chi connectivity index (χ1) is 13.1. The average molecular weight is 370 g/mol. The Labute approximate surface area is 156 Å². The summed E-state index contributed by atoms with van der Waals surface area (Å²) in [5.41, 5.74) is 0.417. The van der Waals surface area contributed by atoms with E-state index in [0.717, 1.165) is 31.8 Å². The predicted molar refractivity (Wildman–Crippen MR) is 93.7 cm³/mol. The van der Waals surface area contributed by atoms with Crippen LogP contribution in [0.5, 0.6) is 0 Å². The first-order valence-corrected chi connectivity index (χ1v) is 9.23. The van der Waals surface area contributed by atoms with Crippen molar-refractivity contribution in [1.29, 1.82) is 0 Å². The molecule has 2 aromatic rings. The Morgan fingerprint density at radius 1 is 1.22 bits per heavy atom. The lowest BCUT2D eigenvalue weighted by Gasteiger charge is -2.38. The summed E-state index contributed by atoms with van der Waals surface area (Å²) in [7, 11) is 0. The maximum atomic E-state index is 12.3. The molecule has 0 unspecified atom stereocenters. The van der Waals surface area contributed by atoms with E-state index in [0.29, 0.717) is 37.0 Å². The van der Waals surface area contributed by atoms with Crippen LogP contribution in [0.1, 0.15) is 47.9 Å². The molecule has 9 nitrogen and oxygen atoms in total. The normalized spacial score (nSPS) is 18.4. The first-order valence-electron chi connectivity index (χ1n) is 9.23. The summed E-state index contributed by atoms with van der Waals surface area (Å²) in [6.45, 7) is 4.42. The van der Waals surface area contributed by atoms with Crippen LogP contribution in [-0.2, 0) is 11.2 Å². The highest BCUT2D eigenvalue weighted by molar-refractivity contribution is 5.92. The van der Waals surface area contributed by atoms with E-state index in [9.17, 15) is 9.59 Å². The van der Waals surface area contributed by atoms with Gasteiger partial charge in [-0.25, -0.2) is 9.97 Å². The average Bonchev–Trinajstić information content (AvgIpc) is 3.13. The van der Waals surface area contributed by atoms with Crippen molar-refractivity contribution in [2.24, 2.45) is 5.92 Å². The minimum atomic E-state index is -0.0721. The Kier molecular flexibility index (Phi) is 4.83. The lowest BCUT2D eigenvalue weighted by atomic mass is 9.95. The fraction of sp³-hybridized carbons (Fsp3) is 0.556. The van der Waals surface area contributed by atoms with Crippen LogP contribution in [0.25, 0.3) is 0 Å². The lowest BCUT2D eigenvalue weighted by Crippen LogP contribution is -2.51. The van der Waals surface area contributed by atoms with E-state index < -0.39 is 0 Å². The van der Waals surface area contributed by atoms with Gasteiger partial charge >= 0.3 is 0 Å². The Hall–Kier alpha value is -2.84. The van der Waals surface area contributed by atoms with Crippen molar-refractivity contribution in [2.45, 2.75) is 32.1 Å². The molecule has 27 heavy (non-hydrogen) atoms. The van der Waals surface area contributed by atoms with Gasteiger partial charge in [0, 0.05) is 57.6 Å². The molecule has 0 spiro atoms. The van der Waals surface area contributed by atoms with E-state index in [2.05, 4.69) is 20.1 Å². The van der Waals surface area contributed by atoms with Crippen LogP contribution >= 0.6 is 0 Å². The second kappa shape index (κ2) is 7.42. The van der Waals surface area contributed by atoms with Crippen LogP contribution in [0, 0.1) is 5.92 Å². The topological polar surface area (TPSA) is 105 Å². The van der Waals surface area contributed by atoms with Crippen LogP contribution in [0.3, 0.4) is 0 Å². The van der Waals surface area contributed by atoms with Gasteiger partial charge < -0.3 is 14.3 Å². The van der Waals surface area contributed by atoms with E-state index in [1.807, 2.05) is 4.90 Å². The van der Waals surface area contributed by atoms with E-state index in [4.69, 9.17) is 4.52 Å². The van der Waals surface area contributed by atoms with E-state index in [1.165, 1.54) is 6.33 Å². The largest absolute Gasteiger partial charge is 0.343 e. The van der Waals surface area contributed by atoms with Crippen LogP contribution in [0.15, 0.2) is 23.1 Å². The number of aromatic nitrogens is 4. The zero-order valence-electron chi connectivity index (χ0n) is 15.2. The molecular weight excluding hydrogens is 348 g/mol. The summed E-state index contributed by atoms with van der Waals surface area (Å²) in [5, 5.41) is 4.14. The zero-order valence-corrected chi connectivity index (χ0v) is 15.2. The molecule has 0 bridgehead atoms. The number of piperidine rings is 1. The molecule has 0 aliphatic carbocycles. The van der Waals surface area contributed by atoms with Gasteiger partial charge in [0.1, 0.15) is 12.0 Å². The maximum Gasteiger partial charge on any atom is 0.272 e. The summed E-state index contributed by atoms with van der Waals surface area (Å²) >= 11 is 0. The van der Waals surface area contributed by atoms with E-state index in [-0.39, 0.29) is 17.7 Å². The van der Waals surface area contributed by atoms with Crippen LogP contribution < -0.4 is 0 Å². The number of amides is 2. The molecule has 0 atom stereocenters. The molecule has 9 heteroatoms. The van der Waals surface area contributed by atoms with Gasteiger partial charge in [-0.15, -0.1) is 0 Å². The first kappa shape index (κ1) is 17.6. The number of carbonyl (C=O) groups is 2. The number of hydrogen-bond donors (Lipinski definition) is 0. The van der Waals surface area contributed by atoms with Crippen molar-refractivity contribution in [3.8, 4) is 0 Å². The number of hydrogen-bond acceptors (Lipinski definition) is 7. The summed E-state index contributed by atoms with van der Waals surface area (Å²) < 4.78 is 5.41. The third-order valence-electron chi connectivity index (χ3n) is 5.30. The maximum absolute atomic E-state index is 12.3. The number of nitrogens with zero attached hydrogens (tertiary/aromatic N) is 6. The van der Waals surface area contributed by atoms with Crippen molar-refractivity contribution >= 4 is 11.8 Å². The summed E-state index contributed by atoms with van der Waals surface area (Å²) in [6.07, 6.45) is 5.35. The Morgan fingerprint density at radius 3 is 2.67 bits per heavy atom. The van der Waals surface area contributed by atoms with Crippen molar-refractivity contribution in [3.05, 3.63) is 36.0 Å². The van der Waals surface area contributed by atoms with Gasteiger partial charge in [-0.1, -0.05) is 5.16 Å². The minimum Gasteiger partial charge on any atom is -0.343 e. The summed E-state index contributed by atoms with van der Waals surface area (Å²) in [6, 6.07) is 1.62. The van der Waals surface area contributed by atoms with Gasteiger partial charge in [0.05, 0.1) is 0 Å². The molecule has 2 amide bonds. The second-order valence-corrected chi connectivity index (χ2v) is 7.20. The van der Waals surface area contributed by atoms with Crippen LogP contribution in [0.2, 0.25) is 0 Å². The lowest BCUT2D eigenvalue weighted by molar-refractivity contribution is -0.129. The Morgan fingerprint density at radius 2 is 2.00 bits per heavy atom. The predicted octanol–water partition coefficient (Wildman–Crippen LogP) is 0.900. The molecule has 2 saturated heterocycles. The van der Waals surface area contributed by atoms with Crippen molar-refractivity contribution in [2.75, 3.05) is 26.2 Å². The van der Waals surface area contributed by atoms with Crippen molar-refractivity contribution in [3.63, 3.8) is 0 Å². The third kappa shape index (κ3) is 3.81. The van der Waals surface area contributed by atoms with Gasteiger partial charge in [-0.3, -0.25) is 9.59 Å². The fourth-order valence-electron chi connectivity index (χ4n) is 3.66. The molecule has 4 heterocycles. The van der Waals surface area contributed by atoms with Crippen LogP contribution in [0.4, 0.5) is 0 Å².